The minimum absolute atomic E-state index is 0.00898. The van der Waals surface area contributed by atoms with Gasteiger partial charge in [-0.1, -0.05) is 28.1 Å². The quantitative estimate of drug-likeness (QED) is 0.463. The average molecular weight is 390 g/mol. The lowest BCUT2D eigenvalue weighted by Gasteiger charge is -2.11. The molecule has 0 spiro atoms. The van der Waals surface area contributed by atoms with Crippen LogP contribution < -0.4 is 10.9 Å². The fraction of sp³-hybridized carbons (Fsp3) is 0.0625. The molecule has 0 radical (unpaired) electrons. The molecule has 2 N–H and O–H groups in total. The van der Waals surface area contributed by atoms with Crippen LogP contribution in [0.4, 0.5) is 11.4 Å². The van der Waals surface area contributed by atoms with E-state index in [1.807, 2.05) is 24.3 Å². The number of nitrogens with zero attached hydrogens (tertiary/aromatic N) is 1. The number of nitrogens with one attached hydrogen (secondary N) is 2. The number of hydrazine groups is 1. The molecule has 0 bridgehead atoms. The molecular weight excluding hydrogens is 378 g/mol. The summed E-state index contributed by atoms with van der Waals surface area (Å²) in [4.78, 5) is 22.1. The van der Waals surface area contributed by atoms with Crippen molar-refractivity contribution < 1.29 is 14.5 Å². The lowest BCUT2D eigenvalue weighted by Crippen LogP contribution is -2.22. The number of non-ortho nitro benzene ring substituents is 1. The number of benzene rings is 2. The van der Waals surface area contributed by atoms with Crippen LogP contribution in [0.3, 0.4) is 0 Å². The number of ether oxygens (including phenoxy) is 1. The highest BCUT2D eigenvalue weighted by Crippen LogP contribution is 2.26. The Labute approximate surface area is 145 Å². The SMILES string of the molecule is O=C1OCC(NNc2ccc([N+](=O)[O-])cc2)=C1c1ccc(Br)cc1. The Bertz CT molecular complexity index is 816. The fourth-order valence-corrected chi connectivity index (χ4v) is 2.49. The molecular formula is C16H12BrN3O4. The van der Waals surface area contributed by atoms with Crippen molar-refractivity contribution in [3.63, 3.8) is 0 Å². The van der Waals surface area contributed by atoms with Crippen molar-refractivity contribution in [2.75, 3.05) is 12.0 Å². The largest absolute Gasteiger partial charge is 0.456 e. The summed E-state index contributed by atoms with van der Waals surface area (Å²) < 4.78 is 6.00. The molecule has 0 amide bonds. The van der Waals surface area contributed by atoms with Crippen LogP contribution in [0.1, 0.15) is 5.56 Å². The fourth-order valence-electron chi connectivity index (χ4n) is 2.23. The molecule has 2 aromatic carbocycles. The van der Waals surface area contributed by atoms with Gasteiger partial charge in [0.05, 0.1) is 21.9 Å². The molecule has 8 heteroatoms. The molecule has 2 aromatic rings. The van der Waals surface area contributed by atoms with Crippen molar-refractivity contribution in [1.82, 2.24) is 5.43 Å². The van der Waals surface area contributed by atoms with Crippen molar-refractivity contribution >= 4 is 38.8 Å². The van der Waals surface area contributed by atoms with E-state index in [-0.39, 0.29) is 12.3 Å². The molecule has 7 nitrogen and oxygen atoms in total. The number of esters is 1. The van der Waals surface area contributed by atoms with E-state index in [1.54, 1.807) is 12.1 Å². The van der Waals surface area contributed by atoms with Crippen molar-refractivity contribution in [2.24, 2.45) is 0 Å². The molecule has 24 heavy (non-hydrogen) atoms. The highest BCUT2D eigenvalue weighted by molar-refractivity contribution is 9.10. The van der Waals surface area contributed by atoms with Crippen LogP contribution in [0, 0.1) is 10.1 Å². The maximum absolute atomic E-state index is 12.0. The molecule has 3 rings (SSSR count). The summed E-state index contributed by atoms with van der Waals surface area (Å²) in [6.45, 7) is 0.129. The first kappa shape index (κ1) is 16.0. The Morgan fingerprint density at radius 1 is 1.04 bits per heavy atom. The number of nitro benzene ring substituents is 1. The van der Waals surface area contributed by atoms with Gasteiger partial charge in [-0.15, -0.1) is 0 Å². The minimum Gasteiger partial charge on any atom is -0.456 e. The van der Waals surface area contributed by atoms with Gasteiger partial charge in [0.15, 0.2) is 0 Å². The Morgan fingerprint density at radius 2 is 1.71 bits per heavy atom. The normalized spacial score (nSPS) is 13.6. The number of hydrogen-bond acceptors (Lipinski definition) is 6. The van der Waals surface area contributed by atoms with Gasteiger partial charge >= 0.3 is 5.97 Å². The minimum atomic E-state index is -0.463. The van der Waals surface area contributed by atoms with Gasteiger partial charge in [0.2, 0.25) is 0 Å². The second-order valence-corrected chi connectivity index (χ2v) is 5.91. The van der Waals surface area contributed by atoms with Crippen molar-refractivity contribution in [3.05, 3.63) is 74.4 Å². The molecule has 1 aliphatic heterocycles. The van der Waals surface area contributed by atoms with Crippen LogP contribution in [-0.4, -0.2) is 17.5 Å². The predicted molar refractivity (Wildman–Crippen MR) is 91.9 cm³/mol. The third-order valence-corrected chi connectivity index (χ3v) is 3.95. The standard InChI is InChI=1S/C16H12BrN3O4/c17-11-3-1-10(2-4-11)15-14(9-24-16(15)21)19-18-12-5-7-13(8-6-12)20(22)23/h1-8,18-19H,9H2. The molecule has 0 saturated heterocycles. The second-order valence-electron chi connectivity index (χ2n) is 4.99. The number of rotatable bonds is 5. The zero-order chi connectivity index (χ0) is 17.1. The third-order valence-electron chi connectivity index (χ3n) is 3.42. The smallest absolute Gasteiger partial charge is 0.341 e. The molecule has 0 atom stereocenters. The molecule has 0 saturated carbocycles. The first-order valence-electron chi connectivity index (χ1n) is 6.97. The first-order valence-corrected chi connectivity index (χ1v) is 7.76. The monoisotopic (exact) mass is 389 g/mol. The van der Waals surface area contributed by atoms with Gasteiger partial charge in [0.25, 0.3) is 5.69 Å². The van der Waals surface area contributed by atoms with E-state index in [0.717, 1.165) is 10.0 Å². The van der Waals surface area contributed by atoms with Crippen LogP contribution in [-0.2, 0) is 9.53 Å². The Balaban J connectivity index is 1.78. The summed E-state index contributed by atoms with van der Waals surface area (Å²) in [6, 6.07) is 13.3. The number of cyclic esters (lactones) is 1. The highest BCUT2D eigenvalue weighted by atomic mass is 79.9. The van der Waals surface area contributed by atoms with E-state index in [2.05, 4.69) is 26.8 Å². The van der Waals surface area contributed by atoms with E-state index in [1.165, 1.54) is 12.1 Å². The number of nitro groups is 1. The summed E-state index contributed by atoms with van der Waals surface area (Å²) in [5.74, 6) is -0.398. The Hall–Kier alpha value is -2.87. The molecule has 0 fully saturated rings. The van der Waals surface area contributed by atoms with E-state index in [4.69, 9.17) is 4.74 Å². The molecule has 1 heterocycles. The number of anilines is 1. The van der Waals surface area contributed by atoms with Gasteiger partial charge in [0, 0.05) is 16.6 Å². The lowest BCUT2D eigenvalue weighted by molar-refractivity contribution is -0.384. The number of hydrogen-bond donors (Lipinski definition) is 2. The van der Waals surface area contributed by atoms with Gasteiger partial charge in [-0.2, -0.15) is 0 Å². The molecule has 0 unspecified atom stereocenters. The van der Waals surface area contributed by atoms with Crippen LogP contribution in [0.5, 0.6) is 0 Å². The Kier molecular flexibility index (Phi) is 4.48. The summed E-state index contributed by atoms with van der Waals surface area (Å²) in [7, 11) is 0. The predicted octanol–water partition coefficient (Wildman–Crippen LogP) is 3.24. The van der Waals surface area contributed by atoms with Crippen LogP contribution in [0.25, 0.3) is 5.57 Å². The van der Waals surface area contributed by atoms with Gasteiger partial charge in [-0.25, -0.2) is 4.79 Å². The summed E-state index contributed by atoms with van der Waals surface area (Å²) in [5, 5.41) is 10.6. The van der Waals surface area contributed by atoms with Crippen LogP contribution in [0.15, 0.2) is 58.7 Å². The molecule has 0 aliphatic carbocycles. The summed E-state index contributed by atoms with van der Waals surface area (Å²) >= 11 is 3.35. The van der Waals surface area contributed by atoms with Crippen molar-refractivity contribution in [1.29, 1.82) is 0 Å². The summed E-state index contributed by atoms with van der Waals surface area (Å²) in [6.07, 6.45) is 0. The van der Waals surface area contributed by atoms with Crippen LogP contribution in [0.2, 0.25) is 0 Å². The maximum Gasteiger partial charge on any atom is 0.341 e. The lowest BCUT2D eigenvalue weighted by atomic mass is 10.1. The van der Waals surface area contributed by atoms with Crippen molar-refractivity contribution in [2.45, 2.75) is 0 Å². The average Bonchev–Trinajstić information content (AvgIpc) is 2.95. The zero-order valence-corrected chi connectivity index (χ0v) is 13.9. The zero-order valence-electron chi connectivity index (χ0n) is 12.3. The van der Waals surface area contributed by atoms with Gasteiger partial charge in [-0.3, -0.25) is 10.1 Å². The number of halogens is 1. The summed E-state index contributed by atoms with van der Waals surface area (Å²) in [5.41, 5.74) is 8.29. The third kappa shape index (κ3) is 3.38. The molecule has 1 aliphatic rings. The van der Waals surface area contributed by atoms with E-state index < -0.39 is 10.9 Å². The van der Waals surface area contributed by atoms with E-state index in [0.29, 0.717) is 17.0 Å². The number of carbonyl (C=O) groups excluding carboxylic acids is 1. The maximum atomic E-state index is 12.0. The van der Waals surface area contributed by atoms with Gasteiger partial charge in [0.1, 0.15) is 6.61 Å². The van der Waals surface area contributed by atoms with Gasteiger partial charge < -0.3 is 15.6 Å². The number of carbonyl (C=O) groups is 1. The van der Waals surface area contributed by atoms with E-state index in [9.17, 15) is 14.9 Å². The molecule has 0 aromatic heterocycles. The molecule has 122 valence electrons. The Morgan fingerprint density at radius 3 is 2.33 bits per heavy atom. The van der Waals surface area contributed by atoms with E-state index >= 15 is 0 Å². The van der Waals surface area contributed by atoms with Crippen LogP contribution >= 0.6 is 15.9 Å². The van der Waals surface area contributed by atoms with Gasteiger partial charge in [-0.05, 0) is 29.8 Å². The highest BCUT2D eigenvalue weighted by Gasteiger charge is 2.26. The topological polar surface area (TPSA) is 93.5 Å². The first-order chi connectivity index (χ1) is 11.5. The van der Waals surface area contributed by atoms with Crippen molar-refractivity contribution in [3.8, 4) is 0 Å². The second kappa shape index (κ2) is 6.71.